The van der Waals surface area contributed by atoms with Gasteiger partial charge in [-0.3, -0.25) is 9.59 Å². The maximum atomic E-state index is 12.8. The number of anilines is 1. The van der Waals surface area contributed by atoms with Gasteiger partial charge in [0.05, 0.1) is 19.9 Å². The van der Waals surface area contributed by atoms with Crippen LogP contribution in [0.1, 0.15) is 32.1 Å². The Balaban J connectivity index is 1.87. The summed E-state index contributed by atoms with van der Waals surface area (Å²) in [7, 11) is 3.00. The number of hydrogen-bond donors (Lipinski definition) is 1. The lowest BCUT2D eigenvalue weighted by molar-refractivity contribution is -0.120. The Kier molecular flexibility index (Phi) is 5.18. The van der Waals surface area contributed by atoms with Crippen LogP contribution in [0.4, 0.5) is 5.69 Å². The number of halogens is 1. The molecule has 3 rings (SSSR count). The van der Waals surface area contributed by atoms with Gasteiger partial charge in [0.2, 0.25) is 0 Å². The number of rotatable bonds is 5. The van der Waals surface area contributed by atoms with E-state index in [2.05, 4.69) is 5.32 Å². The lowest BCUT2D eigenvalue weighted by atomic mass is 9.95. The van der Waals surface area contributed by atoms with Gasteiger partial charge in [0.15, 0.2) is 0 Å². The Bertz CT molecular complexity index is 726. The minimum atomic E-state index is -0.548. The van der Waals surface area contributed by atoms with Gasteiger partial charge in [-0.05, 0) is 25.0 Å². The second-order valence-electron chi connectivity index (χ2n) is 6.15. The molecule has 1 aliphatic heterocycles. The molecule has 6 nitrogen and oxygen atoms in total. The van der Waals surface area contributed by atoms with Crippen LogP contribution in [0.2, 0.25) is 0 Å². The molecule has 0 aromatic heterocycles. The summed E-state index contributed by atoms with van der Waals surface area (Å²) in [5.74, 6) is -0.0683. The summed E-state index contributed by atoms with van der Waals surface area (Å²) >= 11 is 6.18. The fourth-order valence-electron chi connectivity index (χ4n) is 3.27. The van der Waals surface area contributed by atoms with E-state index in [9.17, 15) is 9.59 Å². The maximum Gasteiger partial charge on any atom is 0.283 e. The zero-order valence-electron chi connectivity index (χ0n) is 14.3. The van der Waals surface area contributed by atoms with Crippen molar-refractivity contribution in [2.24, 2.45) is 0 Å². The first kappa shape index (κ1) is 17.6. The fraction of sp³-hybridized carbons (Fsp3) is 0.444. The summed E-state index contributed by atoms with van der Waals surface area (Å²) in [6.45, 7) is 0. The van der Waals surface area contributed by atoms with E-state index in [0.717, 1.165) is 30.6 Å². The Morgan fingerprint density at radius 3 is 2.44 bits per heavy atom. The van der Waals surface area contributed by atoms with E-state index in [-0.39, 0.29) is 16.8 Å². The van der Waals surface area contributed by atoms with Crippen LogP contribution in [0.5, 0.6) is 11.5 Å². The predicted octanol–water partition coefficient (Wildman–Crippen LogP) is 2.95. The number of nitrogens with zero attached hydrogens (tertiary/aromatic N) is 1. The molecule has 0 bridgehead atoms. The molecule has 1 saturated carbocycles. The highest BCUT2D eigenvalue weighted by Crippen LogP contribution is 2.37. The van der Waals surface area contributed by atoms with Gasteiger partial charge in [-0.1, -0.05) is 30.9 Å². The third-order valence-electron chi connectivity index (χ3n) is 4.61. The molecule has 1 fully saturated rings. The summed E-state index contributed by atoms with van der Waals surface area (Å²) in [4.78, 5) is 26.5. The monoisotopic (exact) mass is 364 g/mol. The molecule has 2 amide bonds. The van der Waals surface area contributed by atoms with E-state index >= 15 is 0 Å². The third kappa shape index (κ3) is 3.31. The number of nitrogens with one attached hydrogen (secondary N) is 1. The predicted molar refractivity (Wildman–Crippen MR) is 94.9 cm³/mol. The van der Waals surface area contributed by atoms with Crippen LogP contribution >= 0.6 is 11.6 Å². The van der Waals surface area contributed by atoms with Crippen molar-refractivity contribution >= 4 is 29.1 Å². The minimum Gasteiger partial charge on any atom is -0.497 e. The van der Waals surface area contributed by atoms with Gasteiger partial charge < -0.3 is 14.8 Å². The van der Waals surface area contributed by atoms with Gasteiger partial charge in [0, 0.05) is 12.1 Å². The van der Waals surface area contributed by atoms with Crippen molar-refractivity contribution in [2.75, 3.05) is 19.1 Å². The Morgan fingerprint density at radius 2 is 1.80 bits per heavy atom. The number of amides is 2. The highest BCUT2D eigenvalue weighted by molar-refractivity contribution is 6.52. The lowest BCUT2D eigenvalue weighted by Gasteiger charge is -2.24. The smallest absolute Gasteiger partial charge is 0.283 e. The van der Waals surface area contributed by atoms with E-state index in [1.807, 2.05) is 0 Å². The van der Waals surface area contributed by atoms with E-state index in [1.165, 1.54) is 20.6 Å². The van der Waals surface area contributed by atoms with E-state index < -0.39 is 11.8 Å². The molecule has 25 heavy (non-hydrogen) atoms. The van der Waals surface area contributed by atoms with Crippen LogP contribution in [-0.4, -0.2) is 32.1 Å². The fourth-order valence-corrected chi connectivity index (χ4v) is 3.49. The molecule has 0 saturated heterocycles. The van der Waals surface area contributed by atoms with Crippen LogP contribution in [0.25, 0.3) is 0 Å². The summed E-state index contributed by atoms with van der Waals surface area (Å²) in [5.41, 5.74) is 0.522. The van der Waals surface area contributed by atoms with Gasteiger partial charge in [0.25, 0.3) is 11.8 Å². The van der Waals surface area contributed by atoms with Crippen molar-refractivity contribution < 1.29 is 19.1 Å². The summed E-state index contributed by atoms with van der Waals surface area (Å²) in [6.07, 6.45) is 5.37. The molecule has 1 aromatic carbocycles. The minimum absolute atomic E-state index is 0.0755. The van der Waals surface area contributed by atoms with Crippen LogP contribution in [0, 0.1) is 0 Å². The molecular formula is C18H21ClN2O4. The molecule has 2 aliphatic rings. The molecule has 1 aromatic rings. The second kappa shape index (κ2) is 7.35. The molecule has 134 valence electrons. The molecule has 0 unspecified atom stereocenters. The van der Waals surface area contributed by atoms with Crippen molar-refractivity contribution in [1.29, 1.82) is 0 Å². The highest BCUT2D eigenvalue weighted by atomic mass is 35.5. The first-order chi connectivity index (χ1) is 12.1. The average molecular weight is 365 g/mol. The van der Waals surface area contributed by atoms with Crippen molar-refractivity contribution in [1.82, 2.24) is 5.32 Å². The zero-order valence-corrected chi connectivity index (χ0v) is 15.1. The first-order valence-corrected chi connectivity index (χ1v) is 8.71. The van der Waals surface area contributed by atoms with Crippen molar-refractivity contribution in [3.8, 4) is 11.5 Å². The topological polar surface area (TPSA) is 67.9 Å². The number of hydrogen-bond acceptors (Lipinski definition) is 5. The number of ether oxygens (including phenoxy) is 2. The van der Waals surface area contributed by atoms with Crippen LogP contribution in [0.3, 0.4) is 0 Å². The number of benzene rings is 1. The Morgan fingerprint density at radius 1 is 1.08 bits per heavy atom. The maximum absolute atomic E-state index is 12.8. The first-order valence-electron chi connectivity index (χ1n) is 8.34. The van der Waals surface area contributed by atoms with Crippen molar-refractivity contribution in [3.63, 3.8) is 0 Å². The largest absolute Gasteiger partial charge is 0.497 e. The average Bonchev–Trinajstić information content (AvgIpc) is 2.85. The van der Waals surface area contributed by atoms with Crippen LogP contribution in [-0.2, 0) is 9.59 Å². The molecule has 1 aliphatic carbocycles. The lowest BCUT2D eigenvalue weighted by Crippen LogP contribution is -2.37. The number of carbonyl (C=O) groups is 2. The molecule has 0 radical (unpaired) electrons. The zero-order chi connectivity index (χ0) is 18.0. The molecule has 1 N–H and O–H groups in total. The number of carbonyl (C=O) groups excluding carboxylic acids is 2. The SMILES string of the molecule is COc1ccc(N2C(=O)C(Cl)=C(NC3CCCCC3)C2=O)c(OC)c1. The molecule has 0 atom stereocenters. The second-order valence-corrected chi connectivity index (χ2v) is 6.53. The van der Waals surface area contributed by atoms with Gasteiger partial charge in [-0.25, -0.2) is 4.90 Å². The van der Waals surface area contributed by atoms with Crippen molar-refractivity contribution in [3.05, 3.63) is 28.9 Å². The summed E-state index contributed by atoms with van der Waals surface area (Å²) in [5, 5.41) is 3.10. The number of methoxy groups -OCH3 is 2. The Labute approximate surface area is 151 Å². The van der Waals surface area contributed by atoms with E-state index in [1.54, 1.807) is 18.2 Å². The van der Waals surface area contributed by atoms with E-state index in [0.29, 0.717) is 17.2 Å². The quantitative estimate of drug-likeness (QED) is 0.813. The number of imide groups is 1. The van der Waals surface area contributed by atoms with Gasteiger partial charge in [0.1, 0.15) is 22.2 Å². The molecular weight excluding hydrogens is 344 g/mol. The molecule has 0 spiro atoms. The van der Waals surface area contributed by atoms with Gasteiger partial charge in [-0.2, -0.15) is 0 Å². The Hall–Kier alpha value is -2.21. The molecule has 1 heterocycles. The molecule has 7 heteroatoms. The standard InChI is InChI=1S/C18H21ClN2O4/c1-24-12-8-9-13(14(10-12)25-2)21-17(22)15(19)16(18(21)23)20-11-6-4-3-5-7-11/h8-11,20H,3-7H2,1-2H3. The van der Waals surface area contributed by atoms with Crippen molar-refractivity contribution in [2.45, 2.75) is 38.1 Å². The van der Waals surface area contributed by atoms with Crippen LogP contribution in [0.15, 0.2) is 28.9 Å². The summed E-state index contributed by atoms with van der Waals surface area (Å²) in [6, 6.07) is 5.07. The third-order valence-corrected chi connectivity index (χ3v) is 4.96. The van der Waals surface area contributed by atoms with Crippen LogP contribution < -0.4 is 19.7 Å². The normalized spacial score (nSPS) is 18.8. The van der Waals surface area contributed by atoms with E-state index in [4.69, 9.17) is 21.1 Å². The highest BCUT2D eigenvalue weighted by Gasteiger charge is 2.41. The summed E-state index contributed by atoms with van der Waals surface area (Å²) < 4.78 is 10.5. The van der Waals surface area contributed by atoms with Gasteiger partial charge >= 0.3 is 0 Å². The van der Waals surface area contributed by atoms with Gasteiger partial charge in [-0.15, -0.1) is 0 Å².